The van der Waals surface area contributed by atoms with Crippen molar-refractivity contribution >= 4 is 0 Å². The quantitative estimate of drug-likeness (QED) is 0.887. The molecule has 1 fully saturated rings. The third-order valence-electron chi connectivity index (χ3n) is 4.19. The molecule has 0 aromatic carbocycles. The van der Waals surface area contributed by atoms with Crippen molar-refractivity contribution in [1.29, 1.82) is 0 Å². The molecular formula is C14H26N4. The second-order valence-corrected chi connectivity index (χ2v) is 5.31. The molecule has 2 unspecified atom stereocenters. The van der Waals surface area contributed by atoms with Crippen molar-refractivity contribution in [2.24, 2.45) is 0 Å². The molecule has 1 aromatic rings. The third-order valence-corrected chi connectivity index (χ3v) is 4.19. The van der Waals surface area contributed by atoms with Crippen LogP contribution in [0.1, 0.15) is 44.7 Å². The Hall–Kier alpha value is -0.870. The fraction of sp³-hybridized carbons (Fsp3) is 0.786. The summed E-state index contributed by atoms with van der Waals surface area (Å²) in [7, 11) is 2.25. The Morgan fingerprint density at radius 2 is 2.33 bits per heavy atom. The average Bonchev–Trinajstić information content (AvgIpc) is 2.71. The van der Waals surface area contributed by atoms with E-state index in [2.05, 4.69) is 42.4 Å². The average molecular weight is 250 g/mol. The number of aromatic nitrogens is 2. The van der Waals surface area contributed by atoms with E-state index in [1.165, 1.54) is 31.4 Å². The van der Waals surface area contributed by atoms with Gasteiger partial charge in [-0.1, -0.05) is 0 Å². The van der Waals surface area contributed by atoms with E-state index in [9.17, 15) is 0 Å². The van der Waals surface area contributed by atoms with Gasteiger partial charge in [0.15, 0.2) is 0 Å². The Bertz CT molecular complexity index is 352. The van der Waals surface area contributed by atoms with Crippen LogP contribution in [-0.4, -0.2) is 40.9 Å². The zero-order chi connectivity index (χ0) is 13.0. The van der Waals surface area contributed by atoms with Crippen LogP contribution in [0.5, 0.6) is 0 Å². The molecule has 1 aromatic heterocycles. The smallest absolute Gasteiger partial charge is 0.0537 e. The standard InChI is InChI=1S/C14H26N4/c1-4-18-11-13(10-16-18)12(2)17(3)14-6-5-8-15-9-7-14/h10-12,14-15H,4-9H2,1-3H3. The Labute approximate surface area is 110 Å². The van der Waals surface area contributed by atoms with Crippen LogP contribution < -0.4 is 5.32 Å². The number of rotatable bonds is 4. The van der Waals surface area contributed by atoms with Gasteiger partial charge >= 0.3 is 0 Å². The highest BCUT2D eigenvalue weighted by Gasteiger charge is 2.22. The lowest BCUT2D eigenvalue weighted by Crippen LogP contribution is -2.34. The van der Waals surface area contributed by atoms with Gasteiger partial charge in [-0.25, -0.2) is 0 Å². The van der Waals surface area contributed by atoms with Crippen LogP contribution in [-0.2, 0) is 6.54 Å². The first-order valence-corrected chi connectivity index (χ1v) is 7.17. The molecule has 0 spiro atoms. The predicted octanol–water partition coefficient (Wildman–Crippen LogP) is 2.04. The van der Waals surface area contributed by atoms with Gasteiger partial charge in [0, 0.05) is 30.4 Å². The minimum absolute atomic E-state index is 0.452. The first kappa shape index (κ1) is 13.6. The summed E-state index contributed by atoms with van der Waals surface area (Å²) in [6.45, 7) is 7.68. The van der Waals surface area contributed by atoms with Gasteiger partial charge in [-0.05, 0) is 53.2 Å². The molecule has 102 valence electrons. The highest BCUT2D eigenvalue weighted by atomic mass is 15.3. The molecule has 0 saturated carbocycles. The molecule has 0 bridgehead atoms. The maximum absolute atomic E-state index is 4.38. The largest absolute Gasteiger partial charge is 0.317 e. The number of nitrogens with zero attached hydrogens (tertiary/aromatic N) is 3. The summed E-state index contributed by atoms with van der Waals surface area (Å²) >= 11 is 0. The molecule has 2 rings (SSSR count). The van der Waals surface area contributed by atoms with E-state index < -0.39 is 0 Å². The second kappa shape index (κ2) is 6.34. The van der Waals surface area contributed by atoms with E-state index >= 15 is 0 Å². The van der Waals surface area contributed by atoms with Gasteiger partial charge in [-0.2, -0.15) is 5.10 Å². The molecular weight excluding hydrogens is 224 g/mol. The first-order chi connectivity index (χ1) is 8.72. The Morgan fingerprint density at radius 3 is 3.06 bits per heavy atom. The van der Waals surface area contributed by atoms with E-state index in [0.29, 0.717) is 12.1 Å². The molecule has 0 radical (unpaired) electrons. The van der Waals surface area contributed by atoms with E-state index in [0.717, 1.165) is 13.1 Å². The zero-order valence-electron chi connectivity index (χ0n) is 11.9. The number of aryl methyl sites for hydroxylation is 1. The van der Waals surface area contributed by atoms with E-state index in [1.807, 2.05) is 10.9 Å². The van der Waals surface area contributed by atoms with Crippen molar-refractivity contribution in [2.75, 3.05) is 20.1 Å². The molecule has 0 amide bonds. The van der Waals surface area contributed by atoms with Crippen LogP contribution in [0.2, 0.25) is 0 Å². The van der Waals surface area contributed by atoms with Gasteiger partial charge in [0.05, 0.1) is 6.20 Å². The molecule has 2 heterocycles. The van der Waals surface area contributed by atoms with Crippen molar-refractivity contribution in [3.05, 3.63) is 18.0 Å². The number of nitrogens with one attached hydrogen (secondary N) is 1. The summed E-state index contributed by atoms with van der Waals surface area (Å²) in [5.41, 5.74) is 1.33. The van der Waals surface area contributed by atoms with Crippen LogP contribution in [0, 0.1) is 0 Å². The summed E-state index contributed by atoms with van der Waals surface area (Å²) in [5, 5.41) is 7.86. The molecule has 4 heteroatoms. The van der Waals surface area contributed by atoms with E-state index in [4.69, 9.17) is 0 Å². The van der Waals surface area contributed by atoms with Gasteiger partial charge in [-0.15, -0.1) is 0 Å². The Balaban J connectivity index is 2.00. The van der Waals surface area contributed by atoms with Gasteiger partial charge in [0.1, 0.15) is 0 Å². The fourth-order valence-corrected chi connectivity index (χ4v) is 2.73. The zero-order valence-corrected chi connectivity index (χ0v) is 11.9. The predicted molar refractivity (Wildman–Crippen MR) is 74.6 cm³/mol. The summed E-state index contributed by atoms with van der Waals surface area (Å²) in [6, 6.07) is 1.15. The molecule has 0 aliphatic carbocycles. The van der Waals surface area contributed by atoms with Crippen LogP contribution in [0.25, 0.3) is 0 Å². The topological polar surface area (TPSA) is 33.1 Å². The monoisotopic (exact) mass is 250 g/mol. The van der Waals surface area contributed by atoms with Crippen LogP contribution in [0.4, 0.5) is 0 Å². The van der Waals surface area contributed by atoms with Crippen molar-refractivity contribution in [3.63, 3.8) is 0 Å². The highest BCUT2D eigenvalue weighted by Crippen LogP contribution is 2.24. The first-order valence-electron chi connectivity index (χ1n) is 7.17. The Kier molecular flexibility index (Phi) is 4.78. The van der Waals surface area contributed by atoms with Crippen LogP contribution >= 0.6 is 0 Å². The van der Waals surface area contributed by atoms with Crippen molar-refractivity contribution < 1.29 is 0 Å². The van der Waals surface area contributed by atoms with Crippen molar-refractivity contribution in [1.82, 2.24) is 20.0 Å². The SMILES string of the molecule is CCn1cc(C(C)N(C)C2CCCNCC2)cn1. The summed E-state index contributed by atoms with van der Waals surface area (Å²) in [4.78, 5) is 2.52. The summed E-state index contributed by atoms with van der Waals surface area (Å²) in [6.07, 6.45) is 8.03. The van der Waals surface area contributed by atoms with E-state index in [1.54, 1.807) is 0 Å². The lowest BCUT2D eigenvalue weighted by molar-refractivity contribution is 0.171. The normalized spacial score (nSPS) is 23.0. The molecule has 1 N–H and O–H groups in total. The Morgan fingerprint density at radius 1 is 1.50 bits per heavy atom. The summed E-state index contributed by atoms with van der Waals surface area (Å²) in [5.74, 6) is 0. The van der Waals surface area contributed by atoms with Gasteiger partial charge in [-0.3, -0.25) is 9.58 Å². The lowest BCUT2D eigenvalue weighted by atomic mass is 10.0. The van der Waals surface area contributed by atoms with Gasteiger partial charge in [0.25, 0.3) is 0 Å². The third kappa shape index (κ3) is 3.12. The summed E-state index contributed by atoms with van der Waals surface area (Å²) < 4.78 is 2.01. The van der Waals surface area contributed by atoms with Gasteiger partial charge < -0.3 is 5.32 Å². The van der Waals surface area contributed by atoms with E-state index in [-0.39, 0.29) is 0 Å². The number of hydrogen-bond donors (Lipinski definition) is 1. The van der Waals surface area contributed by atoms with Crippen molar-refractivity contribution in [2.45, 2.75) is 51.7 Å². The molecule has 18 heavy (non-hydrogen) atoms. The maximum Gasteiger partial charge on any atom is 0.0537 e. The van der Waals surface area contributed by atoms with Crippen LogP contribution in [0.15, 0.2) is 12.4 Å². The fourth-order valence-electron chi connectivity index (χ4n) is 2.73. The molecule has 2 atom stereocenters. The molecule has 1 aliphatic rings. The minimum atomic E-state index is 0.452. The van der Waals surface area contributed by atoms with Gasteiger partial charge in [0.2, 0.25) is 0 Å². The lowest BCUT2D eigenvalue weighted by Gasteiger charge is -2.32. The second-order valence-electron chi connectivity index (χ2n) is 5.31. The molecule has 1 aliphatic heterocycles. The maximum atomic E-state index is 4.38. The molecule has 4 nitrogen and oxygen atoms in total. The number of hydrogen-bond acceptors (Lipinski definition) is 3. The van der Waals surface area contributed by atoms with Crippen LogP contribution in [0.3, 0.4) is 0 Å². The molecule has 1 saturated heterocycles. The minimum Gasteiger partial charge on any atom is -0.317 e. The van der Waals surface area contributed by atoms with Crippen molar-refractivity contribution in [3.8, 4) is 0 Å². The highest BCUT2D eigenvalue weighted by molar-refractivity contribution is 5.09.